The highest BCUT2D eigenvalue weighted by Gasteiger charge is 2.16. The average molecular weight is 412 g/mol. The summed E-state index contributed by atoms with van der Waals surface area (Å²) in [4.78, 5) is 25.5. The molecule has 1 amide bonds. The molecule has 29 heavy (non-hydrogen) atoms. The number of benzene rings is 1. The standard InChI is InChI=1S/C22H29N5OS/c1-4-27(5-2)14-13-23-18(28)11-12-24-21-20-19(17-9-7-6-8-10-17)16(3)29-22(20)26-15-25-21/h6-10,15H,4-5,11-14H2,1-3H3,(H,23,28)(H,24,25,26). The predicted molar refractivity (Wildman–Crippen MR) is 121 cm³/mol. The number of fused-ring (bicyclic) bond motifs is 1. The first-order valence-corrected chi connectivity index (χ1v) is 11.0. The zero-order valence-electron chi connectivity index (χ0n) is 17.4. The lowest BCUT2D eigenvalue weighted by Crippen LogP contribution is -2.35. The molecule has 154 valence electrons. The van der Waals surface area contributed by atoms with Crippen LogP contribution in [0.25, 0.3) is 21.3 Å². The molecule has 2 heterocycles. The molecule has 3 aromatic rings. The monoisotopic (exact) mass is 411 g/mol. The lowest BCUT2D eigenvalue weighted by Gasteiger charge is -2.18. The fourth-order valence-electron chi connectivity index (χ4n) is 3.41. The number of carbonyl (C=O) groups excluding carboxylic acids is 1. The summed E-state index contributed by atoms with van der Waals surface area (Å²) >= 11 is 1.67. The molecule has 6 nitrogen and oxygen atoms in total. The second-order valence-corrected chi connectivity index (χ2v) is 8.06. The number of thiophene rings is 1. The third kappa shape index (κ3) is 5.31. The van der Waals surface area contributed by atoms with E-state index in [1.54, 1.807) is 17.7 Å². The van der Waals surface area contributed by atoms with Gasteiger partial charge in [0.2, 0.25) is 5.91 Å². The number of aryl methyl sites for hydroxylation is 1. The first-order valence-electron chi connectivity index (χ1n) is 10.2. The molecule has 2 N–H and O–H groups in total. The maximum atomic E-state index is 12.1. The average Bonchev–Trinajstić information content (AvgIpc) is 3.08. The van der Waals surface area contributed by atoms with Gasteiger partial charge in [-0.25, -0.2) is 9.97 Å². The van der Waals surface area contributed by atoms with Crippen molar-refractivity contribution in [2.45, 2.75) is 27.2 Å². The molecule has 0 saturated carbocycles. The molecule has 2 aromatic heterocycles. The number of likely N-dealkylation sites (N-methyl/N-ethyl adjacent to an activating group) is 1. The minimum atomic E-state index is 0.0553. The Bertz CT molecular complexity index is 937. The first kappa shape index (κ1) is 21.2. The van der Waals surface area contributed by atoms with Gasteiger partial charge >= 0.3 is 0 Å². The molecule has 0 aliphatic heterocycles. The summed E-state index contributed by atoms with van der Waals surface area (Å²) < 4.78 is 0. The van der Waals surface area contributed by atoms with Crippen molar-refractivity contribution < 1.29 is 4.79 Å². The molecule has 0 radical (unpaired) electrons. The number of rotatable bonds is 10. The van der Waals surface area contributed by atoms with Crippen LogP contribution in [-0.4, -0.2) is 53.5 Å². The van der Waals surface area contributed by atoms with Crippen molar-refractivity contribution in [2.24, 2.45) is 0 Å². The van der Waals surface area contributed by atoms with Gasteiger partial charge in [0.05, 0.1) is 5.39 Å². The highest BCUT2D eigenvalue weighted by molar-refractivity contribution is 7.19. The van der Waals surface area contributed by atoms with E-state index in [2.05, 4.69) is 58.4 Å². The molecule has 0 fully saturated rings. The first-order chi connectivity index (χ1) is 14.1. The third-order valence-corrected chi connectivity index (χ3v) is 6.03. The van der Waals surface area contributed by atoms with Crippen molar-refractivity contribution in [3.63, 3.8) is 0 Å². The van der Waals surface area contributed by atoms with Crippen LogP contribution < -0.4 is 10.6 Å². The van der Waals surface area contributed by atoms with Gasteiger partial charge in [0.1, 0.15) is 17.0 Å². The minimum Gasteiger partial charge on any atom is -0.369 e. The van der Waals surface area contributed by atoms with E-state index in [4.69, 9.17) is 0 Å². The van der Waals surface area contributed by atoms with Gasteiger partial charge in [-0.3, -0.25) is 4.79 Å². The molecule has 0 aliphatic carbocycles. The second kappa shape index (κ2) is 10.3. The molecule has 0 bridgehead atoms. The third-order valence-electron chi connectivity index (χ3n) is 5.02. The maximum Gasteiger partial charge on any atom is 0.221 e. The van der Waals surface area contributed by atoms with E-state index >= 15 is 0 Å². The van der Waals surface area contributed by atoms with Crippen molar-refractivity contribution in [1.82, 2.24) is 20.2 Å². The van der Waals surface area contributed by atoms with Gasteiger partial charge in [-0.1, -0.05) is 44.2 Å². The fourth-order valence-corrected chi connectivity index (χ4v) is 4.42. The Labute approximate surface area is 176 Å². The summed E-state index contributed by atoms with van der Waals surface area (Å²) in [6, 6.07) is 10.3. The highest BCUT2D eigenvalue weighted by Crippen LogP contribution is 2.40. The molecule has 0 aliphatic rings. The number of hydrogen-bond acceptors (Lipinski definition) is 6. The fraction of sp³-hybridized carbons (Fsp3) is 0.409. The maximum absolute atomic E-state index is 12.1. The van der Waals surface area contributed by atoms with Crippen molar-refractivity contribution >= 4 is 33.3 Å². The summed E-state index contributed by atoms with van der Waals surface area (Å²) in [6.07, 6.45) is 1.99. The van der Waals surface area contributed by atoms with Crippen molar-refractivity contribution in [3.8, 4) is 11.1 Å². The van der Waals surface area contributed by atoms with Crippen LogP contribution in [0.15, 0.2) is 36.7 Å². The lowest BCUT2D eigenvalue weighted by molar-refractivity contribution is -0.120. The van der Waals surface area contributed by atoms with Crippen LogP contribution in [0.1, 0.15) is 25.1 Å². The minimum absolute atomic E-state index is 0.0553. The molecule has 0 atom stereocenters. The van der Waals surface area contributed by atoms with Crippen LogP contribution in [-0.2, 0) is 4.79 Å². The van der Waals surface area contributed by atoms with E-state index < -0.39 is 0 Å². The molecule has 1 aromatic carbocycles. The summed E-state index contributed by atoms with van der Waals surface area (Å²) in [5, 5.41) is 7.37. The highest BCUT2D eigenvalue weighted by atomic mass is 32.1. The quantitative estimate of drug-likeness (QED) is 0.529. The van der Waals surface area contributed by atoms with Gasteiger partial charge < -0.3 is 15.5 Å². The number of amides is 1. The van der Waals surface area contributed by atoms with Crippen LogP contribution >= 0.6 is 11.3 Å². The van der Waals surface area contributed by atoms with Crippen LogP contribution in [0.5, 0.6) is 0 Å². The van der Waals surface area contributed by atoms with Crippen molar-refractivity contribution in [1.29, 1.82) is 0 Å². The molecular weight excluding hydrogens is 382 g/mol. The van der Waals surface area contributed by atoms with Gasteiger partial charge in [-0.15, -0.1) is 11.3 Å². The summed E-state index contributed by atoms with van der Waals surface area (Å²) in [5.41, 5.74) is 2.32. The summed E-state index contributed by atoms with van der Waals surface area (Å²) in [7, 11) is 0. The number of nitrogens with zero attached hydrogens (tertiary/aromatic N) is 3. The zero-order valence-corrected chi connectivity index (χ0v) is 18.2. The van der Waals surface area contributed by atoms with E-state index in [1.807, 2.05) is 18.2 Å². The van der Waals surface area contributed by atoms with E-state index in [9.17, 15) is 4.79 Å². The van der Waals surface area contributed by atoms with E-state index in [1.165, 1.54) is 4.88 Å². The second-order valence-electron chi connectivity index (χ2n) is 6.86. The Morgan fingerprint density at radius 2 is 1.86 bits per heavy atom. The normalized spacial score (nSPS) is 11.2. The Morgan fingerprint density at radius 3 is 2.59 bits per heavy atom. The zero-order chi connectivity index (χ0) is 20.6. The predicted octanol–water partition coefficient (Wildman–Crippen LogP) is 3.93. The largest absolute Gasteiger partial charge is 0.369 e. The lowest BCUT2D eigenvalue weighted by atomic mass is 10.0. The Kier molecular flexibility index (Phi) is 7.55. The smallest absolute Gasteiger partial charge is 0.221 e. The number of nitrogens with one attached hydrogen (secondary N) is 2. The van der Waals surface area contributed by atoms with Gasteiger partial charge in [0, 0.05) is 36.5 Å². The van der Waals surface area contributed by atoms with Gasteiger partial charge in [-0.2, -0.15) is 0 Å². The van der Waals surface area contributed by atoms with Gasteiger partial charge in [-0.05, 0) is 25.6 Å². The van der Waals surface area contributed by atoms with E-state index in [0.717, 1.165) is 46.8 Å². The van der Waals surface area contributed by atoms with Crippen molar-refractivity contribution in [2.75, 3.05) is 38.0 Å². The van der Waals surface area contributed by atoms with E-state index in [0.29, 0.717) is 19.5 Å². The molecule has 7 heteroatoms. The molecular formula is C22H29N5OS. The topological polar surface area (TPSA) is 70.2 Å². The van der Waals surface area contributed by atoms with Crippen LogP contribution in [0, 0.1) is 6.92 Å². The summed E-state index contributed by atoms with van der Waals surface area (Å²) in [6.45, 7) is 10.5. The van der Waals surface area contributed by atoms with Gasteiger partial charge in [0.25, 0.3) is 0 Å². The van der Waals surface area contributed by atoms with Crippen molar-refractivity contribution in [3.05, 3.63) is 41.5 Å². The molecule has 0 saturated heterocycles. The molecule has 0 unspecified atom stereocenters. The Morgan fingerprint density at radius 1 is 1.10 bits per heavy atom. The number of anilines is 1. The van der Waals surface area contributed by atoms with E-state index in [-0.39, 0.29) is 5.91 Å². The van der Waals surface area contributed by atoms with Gasteiger partial charge in [0.15, 0.2) is 0 Å². The van der Waals surface area contributed by atoms with Crippen LogP contribution in [0.2, 0.25) is 0 Å². The summed E-state index contributed by atoms with van der Waals surface area (Å²) in [5.74, 6) is 0.842. The number of hydrogen-bond donors (Lipinski definition) is 2. The number of aromatic nitrogens is 2. The van der Waals surface area contributed by atoms with Crippen LogP contribution in [0.3, 0.4) is 0 Å². The Hall–Kier alpha value is -2.51. The molecule has 3 rings (SSSR count). The Balaban J connectivity index is 1.64. The van der Waals surface area contributed by atoms with Crippen LogP contribution in [0.4, 0.5) is 5.82 Å². The molecule has 0 spiro atoms. The number of carbonyl (C=O) groups is 1. The SMILES string of the molecule is CCN(CC)CCNC(=O)CCNc1ncnc2sc(C)c(-c3ccccc3)c12.